The molecule has 6 atom stereocenters. The molecule has 2 aliphatic carbocycles. The van der Waals surface area contributed by atoms with Crippen molar-refractivity contribution in [2.45, 2.75) is 114 Å². The van der Waals surface area contributed by atoms with Crippen molar-refractivity contribution in [3.8, 4) is 0 Å². The SMILES string of the molecule is C=C[C@]1(COP(=O)(N[C@@H](C)C(=O)OC2CCCC2)N[C@@H](C)C(=O)OC2CCCC2)O[C@@H](n2ccc(N)nc2=O)[C@H](O)[C@@H]1F. The zero-order valence-corrected chi connectivity index (χ0v) is 25.2. The lowest BCUT2D eigenvalue weighted by molar-refractivity contribution is -0.150. The van der Waals surface area contributed by atoms with Crippen molar-refractivity contribution >= 4 is 25.4 Å². The van der Waals surface area contributed by atoms with Crippen molar-refractivity contribution in [2.24, 2.45) is 0 Å². The second kappa shape index (κ2) is 14.0. The number of aliphatic hydroxyl groups is 1. The molecule has 0 bridgehead atoms. The van der Waals surface area contributed by atoms with Crippen molar-refractivity contribution in [1.29, 1.82) is 0 Å². The summed E-state index contributed by atoms with van der Waals surface area (Å²) in [5.74, 6) is -1.44. The Morgan fingerprint density at radius 3 is 2.16 bits per heavy atom. The molecule has 0 radical (unpaired) electrons. The van der Waals surface area contributed by atoms with Crippen LogP contribution in [0.5, 0.6) is 0 Å². The van der Waals surface area contributed by atoms with Gasteiger partial charge in [0.1, 0.15) is 41.8 Å². The van der Waals surface area contributed by atoms with E-state index in [2.05, 4.69) is 21.7 Å². The van der Waals surface area contributed by atoms with E-state index in [1.807, 2.05) is 0 Å². The minimum absolute atomic E-state index is 0.0805. The van der Waals surface area contributed by atoms with Gasteiger partial charge in [0.25, 0.3) is 0 Å². The number of carbonyl (C=O) groups excluding carboxylic acids is 2. The highest BCUT2D eigenvalue weighted by Crippen LogP contribution is 2.45. The van der Waals surface area contributed by atoms with E-state index in [1.54, 1.807) is 0 Å². The highest BCUT2D eigenvalue weighted by Gasteiger charge is 2.56. The van der Waals surface area contributed by atoms with Crippen LogP contribution in [0.15, 0.2) is 29.7 Å². The number of anilines is 1. The first kappa shape index (κ1) is 33.2. The second-order valence-corrected chi connectivity index (χ2v) is 13.2. The fourth-order valence-corrected chi connectivity index (χ4v) is 7.27. The topological polar surface area (TPSA) is 193 Å². The van der Waals surface area contributed by atoms with Gasteiger partial charge < -0.3 is 29.6 Å². The number of rotatable bonds is 13. The Morgan fingerprint density at radius 1 is 1.19 bits per heavy atom. The van der Waals surface area contributed by atoms with E-state index in [0.29, 0.717) is 0 Å². The lowest BCUT2D eigenvalue weighted by Crippen LogP contribution is -2.46. The van der Waals surface area contributed by atoms with Crippen LogP contribution in [-0.4, -0.2) is 75.4 Å². The monoisotopic (exact) mass is 629 g/mol. The molecule has 3 aliphatic rings. The van der Waals surface area contributed by atoms with E-state index in [0.717, 1.165) is 62.0 Å². The Kier molecular flexibility index (Phi) is 10.8. The summed E-state index contributed by atoms with van der Waals surface area (Å²) in [5.41, 5.74) is 2.54. The molecule has 1 saturated heterocycles. The number of nitrogens with two attached hydrogens (primary N) is 1. The van der Waals surface area contributed by atoms with Gasteiger partial charge in [0, 0.05) is 6.20 Å². The molecule has 240 valence electrons. The van der Waals surface area contributed by atoms with Crippen molar-refractivity contribution in [2.75, 3.05) is 12.3 Å². The predicted molar refractivity (Wildman–Crippen MR) is 152 cm³/mol. The van der Waals surface area contributed by atoms with Gasteiger partial charge in [-0.05, 0) is 71.3 Å². The Morgan fingerprint density at radius 2 is 1.70 bits per heavy atom. The lowest BCUT2D eigenvalue weighted by atomic mass is 9.98. The van der Waals surface area contributed by atoms with Gasteiger partial charge in [-0.15, -0.1) is 6.58 Å². The number of esters is 2. The van der Waals surface area contributed by atoms with E-state index >= 15 is 4.39 Å². The smallest absolute Gasteiger partial charge is 0.351 e. The molecule has 3 fully saturated rings. The summed E-state index contributed by atoms with van der Waals surface area (Å²) >= 11 is 0. The molecule has 1 aliphatic heterocycles. The van der Waals surface area contributed by atoms with Crippen molar-refractivity contribution in [3.63, 3.8) is 0 Å². The number of alkyl halides is 1. The molecular formula is C27H41FN5O9P. The highest BCUT2D eigenvalue weighted by molar-refractivity contribution is 7.54. The molecule has 0 spiro atoms. The summed E-state index contributed by atoms with van der Waals surface area (Å²) in [6, 6.07) is -1.03. The Hall–Kier alpha value is -2.68. The number of hydrogen-bond acceptors (Lipinski definition) is 11. The first-order chi connectivity index (χ1) is 20.4. The molecule has 16 heteroatoms. The number of aromatic nitrogens is 2. The maximum absolute atomic E-state index is 15.6. The van der Waals surface area contributed by atoms with Crippen LogP contribution in [0.3, 0.4) is 0 Å². The number of aliphatic hydroxyl groups excluding tert-OH is 1. The predicted octanol–water partition coefficient (Wildman–Crippen LogP) is 2.03. The fraction of sp³-hybridized carbons (Fsp3) is 0.704. The summed E-state index contributed by atoms with van der Waals surface area (Å²) in [4.78, 5) is 41.5. The number of carbonyl (C=O) groups is 2. The van der Waals surface area contributed by atoms with Crippen LogP contribution in [0.25, 0.3) is 0 Å². The van der Waals surface area contributed by atoms with E-state index in [4.69, 9.17) is 24.5 Å². The molecule has 5 N–H and O–H groups in total. The van der Waals surface area contributed by atoms with Crippen LogP contribution in [0.2, 0.25) is 0 Å². The molecule has 0 unspecified atom stereocenters. The fourth-order valence-electron chi connectivity index (χ4n) is 5.43. The number of hydrogen-bond donors (Lipinski definition) is 4. The van der Waals surface area contributed by atoms with E-state index < -0.39 is 68.1 Å². The zero-order chi connectivity index (χ0) is 31.4. The van der Waals surface area contributed by atoms with Gasteiger partial charge in [-0.3, -0.25) is 18.7 Å². The van der Waals surface area contributed by atoms with Gasteiger partial charge in [-0.25, -0.2) is 19.4 Å². The van der Waals surface area contributed by atoms with Gasteiger partial charge in [-0.2, -0.15) is 4.98 Å². The molecule has 4 rings (SSSR count). The molecular weight excluding hydrogens is 588 g/mol. The van der Waals surface area contributed by atoms with Crippen LogP contribution < -0.4 is 21.6 Å². The largest absolute Gasteiger partial charge is 0.461 e. The maximum Gasteiger partial charge on any atom is 0.351 e. The normalized spacial score (nSPS) is 28.0. The number of nitrogen functional groups attached to an aromatic ring is 1. The van der Waals surface area contributed by atoms with Gasteiger partial charge in [-0.1, -0.05) is 6.08 Å². The third kappa shape index (κ3) is 7.89. The molecule has 2 saturated carbocycles. The molecule has 0 amide bonds. The average molecular weight is 630 g/mol. The van der Waals surface area contributed by atoms with Crippen molar-refractivity contribution < 1.29 is 42.4 Å². The molecule has 43 heavy (non-hydrogen) atoms. The molecule has 0 aromatic carbocycles. The van der Waals surface area contributed by atoms with Crippen molar-refractivity contribution in [1.82, 2.24) is 19.7 Å². The summed E-state index contributed by atoms with van der Waals surface area (Å²) in [5, 5.41) is 15.8. The van der Waals surface area contributed by atoms with Crippen LogP contribution in [0, 0.1) is 0 Å². The average Bonchev–Trinajstić information content (AvgIpc) is 3.72. The third-order valence-corrected chi connectivity index (χ3v) is 9.89. The number of ether oxygens (including phenoxy) is 3. The first-order valence-electron chi connectivity index (χ1n) is 14.6. The quantitative estimate of drug-likeness (QED) is 0.141. The minimum Gasteiger partial charge on any atom is -0.461 e. The zero-order valence-electron chi connectivity index (χ0n) is 24.4. The molecule has 1 aromatic rings. The van der Waals surface area contributed by atoms with E-state index in [1.165, 1.54) is 26.1 Å². The van der Waals surface area contributed by atoms with Gasteiger partial charge in [0.2, 0.25) is 0 Å². The first-order valence-corrected chi connectivity index (χ1v) is 16.2. The highest BCUT2D eigenvalue weighted by atomic mass is 31.2. The van der Waals surface area contributed by atoms with Crippen LogP contribution in [-0.2, 0) is 32.9 Å². The van der Waals surface area contributed by atoms with E-state index in [9.17, 15) is 24.1 Å². The summed E-state index contributed by atoms with van der Waals surface area (Å²) in [6.45, 7) is 5.64. The summed E-state index contributed by atoms with van der Waals surface area (Å²) in [7, 11) is -4.37. The number of nitrogens with one attached hydrogen (secondary N) is 2. The maximum atomic E-state index is 15.6. The Bertz CT molecular complexity index is 1230. The third-order valence-electron chi connectivity index (χ3n) is 7.95. The van der Waals surface area contributed by atoms with Crippen LogP contribution in [0.1, 0.15) is 71.4 Å². The van der Waals surface area contributed by atoms with Crippen LogP contribution >= 0.6 is 7.67 Å². The number of nitrogens with zero attached hydrogens (tertiary/aromatic N) is 2. The van der Waals surface area contributed by atoms with Gasteiger partial charge in [0.15, 0.2) is 12.4 Å². The lowest BCUT2D eigenvalue weighted by Gasteiger charge is -2.31. The minimum atomic E-state index is -4.37. The Balaban J connectivity index is 1.51. The number of halogens is 1. The standard InChI is InChI=1S/C27H41FN5O9P/c1-4-27(22(28)21(34)23(42-27)33-14-13-20(29)30-26(33)37)15-39-43(38,31-16(2)24(35)40-18-9-5-6-10-18)32-17(3)25(36)41-19-11-7-8-12-19/h4,13-14,16-19,21-23,34H,1,5-12,15H2,2-3H3,(H2,29,30,37)(H2,31,32,38)/t16-,17-,21+,22-,23+,27+/m0/s1. The summed E-state index contributed by atoms with van der Waals surface area (Å²) < 4.78 is 53.1. The van der Waals surface area contributed by atoms with E-state index in [-0.39, 0.29) is 18.0 Å². The van der Waals surface area contributed by atoms with Crippen molar-refractivity contribution in [3.05, 3.63) is 35.4 Å². The second-order valence-electron chi connectivity index (χ2n) is 11.3. The molecule has 2 heterocycles. The van der Waals surface area contributed by atoms with Gasteiger partial charge >= 0.3 is 25.3 Å². The molecule has 14 nitrogen and oxygen atoms in total. The Labute approximate surface area is 249 Å². The summed E-state index contributed by atoms with van der Waals surface area (Å²) in [6.07, 6.45) is 2.74. The van der Waals surface area contributed by atoms with Crippen LogP contribution in [0.4, 0.5) is 10.2 Å². The van der Waals surface area contributed by atoms with Gasteiger partial charge in [0.05, 0.1) is 6.61 Å². The molecule has 1 aromatic heterocycles.